The molecule has 0 saturated carbocycles. The number of ether oxygens (including phenoxy) is 1. The average Bonchev–Trinajstić information content (AvgIpc) is 3.07. The Morgan fingerprint density at radius 3 is 2.12 bits per heavy atom. The van der Waals surface area contributed by atoms with Crippen molar-refractivity contribution in [2.75, 3.05) is 6.61 Å². The molecule has 1 aliphatic heterocycles. The predicted octanol–water partition coefficient (Wildman–Crippen LogP) is 5.46. The van der Waals surface area contributed by atoms with Crippen LogP contribution in [0.3, 0.4) is 0 Å². The highest BCUT2D eigenvalue weighted by Crippen LogP contribution is 2.12. The number of carbonyl (C=O) groups excluding carboxylic acids is 2. The molecule has 1 N–H and O–H groups in total. The van der Waals surface area contributed by atoms with E-state index in [0.717, 1.165) is 12.8 Å². The maximum atomic E-state index is 11.7. The quantitative estimate of drug-likeness (QED) is 0.225. The second-order valence-corrected chi connectivity index (χ2v) is 7.41. The van der Waals surface area contributed by atoms with Crippen LogP contribution in [0.25, 0.3) is 0 Å². The number of carbonyl (C=O) groups is 2. The largest absolute Gasteiger partial charge is 0.464 e. The number of hydrogen-bond acceptors (Lipinski definition) is 3. The molecule has 0 aliphatic carbocycles. The second-order valence-electron chi connectivity index (χ2n) is 7.41. The Hall–Kier alpha value is -1.32. The molecule has 4 nitrogen and oxygen atoms in total. The zero-order valence-corrected chi connectivity index (χ0v) is 16.8. The number of unbranched alkanes of at least 4 members (excludes halogenated alkanes) is 11. The van der Waals surface area contributed by atoms with E-state index in [4.69, 9.17) is 4.74 Å². The van der Waals surface area contributed by atoms with Crippen LogP contribution in [-0.4, -0.2) is 24.5 Å². The molecule has 26 heavy (non-hydrogen) atoms. The standard InChI is InChI=1S/C22H39NO3/c1-2-3-4-5-6-7-8-9-10-11-12-13-14-15-16-19-26-22(25)20-17-18-21(24)23-20/h5-6,20H,2-4,7-19H2,1H3,(H,23,24)/b6-5+/t20-/m0/s1. The molecule has 0 aromatic carbocycles. The maximum absolute atomic E-state index is 11.7. The first kappa shape index (κ1) is 22.7. The van der Waals surface area contributed by atoms with Gasteiger partial charge in [-0.25, -0.2) is 4.79 Å². The van der Waals surface area contributed by atoms with Crippen LogP contribution in [0.2, 0.25) is 0 Å². The van der Waals surface area contributed by atoms with E-state index in [1.807, 2.05) is 0 Å². The zero-order valence-electron chi connectivity index (χ0n) is 16.8. The lowest BCUT2D eigenvalue weighted by molar-refractivity contribution is -0.146. The lowest BCUT2D eigenvalue weighted by atomic mass is 10.1. The van der Waals surface area contributed by atoms with Gasteiger partial charge in [0.2, 0.25) is 5.91 Å². The van der Waals surface area contributed by atoms with Crippen molar-refractivity contribution in [1.82, 2.24) is 5.32 Å². The smallest absolute Gasteiger partial charge is 0.328 e. The summed E-state index contributed by atoms with van der Waals surface area (Å²) in [5.41, 5.74) is 0. The molecule has 1 aliphatic rings. The molecular weight excluding hydrogens is 326 g/mol. The number of nitrogens with one attached hydrogen (secondary N) is 1. The van der Waals surface area contributed by atoms with Crippen molar-refractivity contribution in [3.8, 4) is 0 Å². The van der Waals surface area contributed by atoms with E-state index in [1.165, 1.54) is 70.6 Å². The Labute approximate surface area is 160 Å². The van der Waals surface area contributed by atoms with E-state index >= 15 is 0 Å². The fourth-order valence-electron chi connectivity index (χ4n) is 3.22. The summed E-state index contributed by atoms with van der Waals surface area (Å²) in [4.78, 5) is 22.8. The van der Waals surface area contributed by atoms with Gasteiger partial charge < -0.3 is 10.1 Å². The Bertz CT molecular complexity index is 406. The van der Waals surface area contributed by atoms with Gasteiger partial charge in [-0.15, -0.1) is 0 Å². The van der Waals surface area contributed by atoms with Crippen LogP contribution in [0.1, 0.15) is 103 Å². The number of rotatable bonds is 16. The third-order valence-electron chi connectivity index (χ3n) is 4.93. The summed E-state index contributed by atoms with van der Waals surface area (Å²) >= 11 is 0. The minimum Gasteiger partial charge on any atom is -0.464 e. The third kappa shape index (κ3) is 12.1. The first-order valence-corrected chi connectivity index (χ1v) is 10.8. The normalized spacial score (nSPS) is 17.0. The molecule has 0 radical (unpaired) electrons. The van der Waals surface area contributed by atoms with Crippen LogP contribution >= 0.6 is 0 Å². The number of esters is 1. The van der Waals surface area contributed by atoms with Crippen molar-refractivity contribution in [3.05, 3.63) is 12.2 Å². The van der Waals surface area contributed by atoms with E-state index in [1.54, 1.807) is 0 Å². The van der Waals surface area contributed by atoms with Gasteiger partial charge in [0.05, 0.1) is 6.61 Å². The van der Waals surface area contributed by atoms with Crippen molar-refractivity contribution >= 4 is 11.9 Å². The molecule has 1 amide bonds. The maximum Gasteiger partial charge on any atom is 0.328 e. The highest BCUT2D eigenvalue weighted by Gasteiger charge is 2.28. The van der Waals surface area contributed by atoms with Crippen molar-refractivity contribution in [1.29, 1.82) is 0 Å². The van der Waals surface area contributed by atoms with Gasteiger partial charge in [0.1, 0.15) is 6.04 Å². The SMILES string of the molecule is CCCC/C=C/CCCCCCCCCCCOC(=O)[C@@H]1CCC(=O)N1. The van der Waals surface area contributed by atoms with Crippen LogP contribution in [0.5, 0.6) is 0 Å². The fraction of sp³-hybridized carbons (Fsp3) is 0.818. The predicted molar refractivity (Wildman–Crippen MR) is 107 cm³/mol. The van der Waals surface area contributed by atoms with Gasteiger partial charge in [-0.05, 0) is 32.1 Å². The zero-order chi connectivity index (χ0) is 18.9. The summed E-state index contributed by atoms with van der Waals surface area (Å²) in [5, 5.41) is 2.64. The number of hydrogen-bond donors (Lipinski definition) is 1. The highest BCUT2D eigenvalue weighted by molar-refractivity contribution is 5.87. The minimum absolute atomic E-state index is 0.0459. The molecule has 1 saturated heterocycles. The van der Waals surface area contributed by atoms with Gasteiger partial charge in [0.15, 0.2) is 0 Å². The Kier molecular flexibility index (Phi) is 13.9. The molecule has 0 unspecified atom stereocenters. The average molecular weight is 366 g/mol. The van der Waals surface area contributed by atoms with Crippen LogP contribution < -0.4 is 5.32 Å². The van der Waals surface area contributed by atoms with Crippen LogP contribution in [0.4, 0.5) is 0 Å². The second kappa shape index (κ2) is 15.9. The van der Waals surface area contributed by atoms with Gasteiger partial charge in [-0.1, -0.05) is 76.9 Å². The summed E-state index contributed by atoms with van der Waals surface area (Å²) in [6, 6.07) is -0.408. The summed E-state index contributed by atoms with van der Waals surface area (Å²) in [5.74, 6) is -0.313. The minimum atomic E-state index is -0.408. The third-order valence-corrected chi connectivity index (χ3v) is 4.93. The van der Waals surface area contributed by atoms with Gasteiger partial charge in [-0.3, -0.25) is 4.79 Å². The fourth-order valence-corrected chi connectivity index (χ4v) is 3.22. The van der Waals surface area contributed by atoms with Crippen molar-refractivity contribution in [2.45, 2.75) is 109 Å². The van der Waals surface area contributed by atoms with Gasteiger partial charge >= 0.3 is 5.97 Å². The number of allylic oxidation sites excluding steroid dienone is 2. The molecular formula is C22H39NO3. The van der Waals surface area contributed by atoms with Gasteiger partial charge in [-0.2, -0.15) is 0 Å². The Morgan fingerprint density at radius 2 is 1.54 bits per heavy atom. The molecule has 0 aromatic rings. The summed E-state index contributed by atoms with van der Waals surface area (Å²) in [7, 11) is 0. The lowest BCUT2D eigenvalue weighted by Gasteiger charge is -2.09. The Balaban J connectivity index is 1.76. The molecule has 4 heteroatoms. The molecule has 1 rings (SSSR count). The molecule has 1 heterocycles. The Morgan fingerprint density at radius 1 is 0.962 bits per heavy atom. The summed E-state index contributed by atoms with van der Waals surface area (Å²) in [6.07, 6.45) is 22.0. The molecule has 1 fully saturated rings. The molecule has 150 valence electrons. The van der Waals surface area contributed by atoms with Crippen LogP contribution in [0, 0.1) is 0 Å². The number of amides is 1. The van der Waals surface area contributed by atoms with Crippen molar-refractivity contribution in [2.24, 2.45) is 0 Å². The topological polar surface area (TPSA) is 55.4 Å². The van der Waals surface area contributed by atoms with Gasteiger partial charge in [0.25, 0.3) is 0 Å². The highest BCUT2D eigenvalue weighted by atomic mass is 16.5. The van der Waals surface area contributed by atoms with Crippen molar-refractivity contribution < 1.29 is 14.3 Å². The van der Waals surface area contributed by atoms with E-state index in [0.29, 0.717) is 19.4 Å². The van der Waals surface area contributed by atoms with Crippen molar-refractivity contribution in [3.63, 3.8) is 0 Å². The summed E-state index contributed by atoms with van der Waals surface area (Å²) in [6.45, 7) is 2.72. The van der Waals surface area contributed by atoms with Crippen LogP contribution in [-0.2, 0) is 14.3 Å². The summed E-state index contributed by atoms with van der Waals surface area (Å²) < 4.78 is 5.23. The molecule has 0 bridgehead atoms. The molecule has 0 spiro atoms. The molecule has 1 atom stereocenters. The van der Waals surface area contributed by atoms with E-state index in [2.05, 4.69) is 24.4 Å². The first-order valence-electron chi connectivity index (χ1n) is 10.8. The lowest BCUT2D eigenvalue weighted by Crippen LogP contribution is -2.34. The van der Waals surface area contributed by atoms with Gasteiger partial charge in [0, 0.05) is 6.42 Å². The van der Waals surface area contributed by atoms with E-state index in [-0.39, 0.29) is 11.9 Å². The van der Waals surface area contributed by atoms with E-state index < -0.39 is 6.04 Å². The van der Waals surface area contributed by atoms with E-state index in [9.17, 15) is 9.59 Å². The monoisotopic (exact) mass is 365 g/mol. The first-order chi connectivity index (χ1) is 12.7. The van der Waals surface area contributed by atoms with Crippen LogP contribution in [0.15, 0.2) is 12.2 Å². The molecule has 0 aromatic heterocycles.